The van der Waals surface area contributed by atoms with E-state index in [0.29, 0.717) is 18.1 Å². The van der Waals surface area contributed by atoms with Gasteiger partial charge in [-0.1, -0.05) is 0 Å². The van der Waals surface area contributed by atoms with E-state index in [1.54, 1.807) is 0 Å². The molecule has 6 saturated heterocycles. The Morgan fingerprint density at radius 2 is 0.951 bits per heavy atom. The van der Waals surface area contributed by atoms with Crippen LogP contribution in [0.5, 0.6) is 0 Å². The summed E-state index contributed by atoms with van der Waals surface area (Å²) in [6.45, 7) is 27.7. The first-order valence-electron chi connectivity index (χ1n) is 16.4. The second-order valence-electron chi connectivity index (χ2n) is 14.2. The SMILES string of the molecule is O=Cc1c(N2CC[N+]3(CC2)CC[N+]2(CCNCC2)CC3)nc(N2CC[N+]3(CC2)CC[N+]2(CCNCC2)CC3)[nH]c1=O. The third-order valence-corrected chi connectivity index (χ3v) is 12.3. The van der Waals surface area contributed by atoms with Gasteiger partial charge in [0, 0.05) is 26.2 Å². The van der Waals surface area contributed by atoms with Gasteiger partial charge in [-0.3, -0.25) is 14.6 Å². The fraction of sp³-hybridized carbons (Fsp3) is 0.828. The number of carbonyl (C=O) groups excluding carboxylic acids is 1. The Hall–Kier alpha value is -2.09. The van der Waals surface area contributed by atoms with E-state index in [1.807, 2.05) is 0 Å². The van der Waals surface area contributed by atoms with Crippen LogP contribution in [0.4, 0.5) is 11.8 Å². The summed E-state index contributed by atoms with van der Waals surface area (Å²) in [6.07, 6.45) is 0.710. The van der Waals surface area contributed by atoms with Crippen LogP contribution < -0.4 is 26.0 Å². The van der Waals surface area contributed by atoms with Crippen molar-refractivity contribution in [2.24, 2.45) is 0 Å². The minimum absolute atomic E-state index is 0.188. The maximum absolute atomic E-state index is 13.1. The molecule has 12 nitrogen and oxygen atoms in total. The van der Waals surface area contributed by atoms with Gasteiger partial charge < -0.3 is 38.4 Å². The summed E-state index contributed by atoms with van der Waals surface area (Å²) in [5, 5.41) is 7.05. The summed E-state index contributed by atoms with van der Waals surface area (Å²) in [7, 11) is 0. The Morgan fingerprint density at radius 3 is 1.37 bits per heavy atom. The summed E-state index contributed by atoms with van der Waals surface area (Å²) < 4.78 is 4.98. The van der Waals surface area contributed by atoms with Crippen molar-refractivity contribution >= 4 is 18.1 Å². The Labute approximate surface area is 244 Å². The molecule has 41 heavy (non-hydrogen) atoms. The van der Waals surface area contributed by atoms with Crippen LogP contribution in [0.25, 0.3) is 0 Å². The third kappa shape index (κ3) is 5.31. The van der Waals surface area contributed by atoms with Crippen molar-refractivity contribution in [3.05, 3.63) is 15.9 Å². The minimum atomic E-state index is -0.296. The number of nitrogens with zero attached hydrogens (tertiary/aromatic N) is 7. The molecular weight excluding hydrogens is 520 g/mol. The number of quaternary nitrogens is 4. The van der Waals surface area contributed by atoms with Gasteiger partial charge in [0.2, 0.25) is 5.95 Å². The molecule has 1 aromatic rings. The van der Waals surface area contributed by atoms with E-state index < -0.39 is 0 Å². The Bertz CT molecular complexity index is 1130. The fourth-order valence-corrected chi connectivity index (χ4v) is 8.83. The molecule has 1 aromatic heterocycles. The van der Waals surface area contributed by atoms with Crippen molar-refractivity contribution in [3.63, 3.8) is 0 Å². The average molecular weight is 573 g/mol. The average Bonchev–Trinajstić information content (AvgIpc) is 3.02. The molecule has 226 valence electrons. The molecule has 0 amide bonds. The first-order valence-corrected chi connectivity index (χ1v) is 16.4. The summed E-state index contributed by atoms with van der Waals surface area (Å²) in [6, 6.07) is 0. The molecule has 7 heterocycles. The van der Waals surface area contributed by atoms with Crippen molar-refractivity contribution in [1.29, 1.82) is 0 Å². The maximum Gasteiger partial charge on any atom is 0.265 e. The number of hydrogen-bond acceptors (Lipinski definition) is 7. The zero-order chi connectivity index (χ0) is 28.0. The lowest BCUT2D eigenvalue weighted by Gasteiger charge is -2.53. The lowest BCUT2D eigenvalue weighted by molar-refractivity contribution is -1.03. The van der Waals surface area contributed by atoms with Crippen LogP contribution in [0.15, 0.2) is 4.79 Å². The Morgan fingerprint density at radius 1 is 0.561 bits per heavy atom. The number of piperazine rings is 6. The van der Waals surface area contributed by atoms with Crippen molar-refractivity contribution < 1.29 is 22.7 Å². The molecule has 12 heteroatoms. The van der Waals surface area contributed by atoms with Crippen LogP contribution in [0.3, 0.4) is 0 Å². The van der Waals surface area contributed by atoms with Crippen LogP contribution in [0.2, 0.25) is 0 Å². The number of H-pyrrole nitrogens is 1. The zero-order valence-corrected chi connectivity index (χ0v) is 25.0. The van der Waals surface area contributed by atoms with Crippen LogP contribution in [0.1, 0.15) is 10.4 Å². The third-order valence-electron chi connectivity index (χ3n) is 12.3. The fourth-order valence-electron chi connectivity index (χ4n) is 8.83. The van der Waals surface area contributed by atoms with E-state index >= 15 is 0 Å². The first-order chi connectivity index (χ1) is 19.9. The largest absolute Gasteiger partial charge is 0.344 e. The van der Waals surface area contributed by atoms with Gasteiger partial charge in [0.1, 0.15) is 63.7 Å². The normalized spacial score (nSPS) is 28.8. The van der Waals surface area contributed by atoms with E-state index in [9.17, 15) is 9.59 Å². The summed E-state index contributed by atoms with van der Waals surface area (Å²) in [4.78, 5) is 37.6. The zero-order valence-electron chi connectivity index (χ0n) is 25.0. The number of hydrogen-bond donors (Lipinski definition) is 3. The molecule has 6 aliphatic rings. The Kier molecular flexibility index (Phi) is 7.35. The molecule has 7 rings (SSSR count). The highest BCUT2D eigenvalue weighted by molar-refractivity contribution is 5.82. The molecule has 0 aromatic carbocycles. The second kappa shape index (κ2) is 10.9. The van der Waals surface area contributed by atoms with E-state index in [2.05, 4.69) is 25.4 Å². The Balaban J connectivity index is 0.993. The summed E-state index contributed by atoms with van der Waals surface area (Å²) in [5.41, 5.74) is -0.108. The number of aldehydes is 1. The van der Waals surface area contributed by atoms with Crippen molar-refractivity contribution in [1.82, 2.24) is 20.6 Å². The van der Waals surface area contributed by atoms with Gasteiger partial charge in [0.25, 0.3) is 5.56 Å². The highest BCUT2D eigenvalue weighted by Gasteiger charge is 2.46. The highest BCUT2D eigenvalue weighted by atomic mass is 16.1. The first kappa shape index (κ1) is 27.7. The molecule has 0 unspecified atom stereocenters. The molecule has 4 spiro atoms. The van der Waals surface area contributed by atoms with Crippen LogP contribution in [-0.2, 0) is 0 Å². The molecule has 6 aliphatic heterocycles. The maximum atomic E-state index is 13.1. The molecule has 6 fully saturated rings. The second-order valence-corrected chi connectivity index (χ2v) is 14.2. The topological polar surface area (TPSA) is 93.4 Å². The predicted molar refractivity (Wildman–Crippen MR) is 159 cm³/mol. The molecule has 0 saturated carbocycles. The predicted octanol–water partition coefficient (Wildman–Crippen LogP) is -2.28. The van der Waals surface area contributed by atoms with Gasteiger partial charge in [0.05, 0.1) is 78.5 Å². The summed E-state index contributed by atoms with van der Waals surface area (Å²) >= 11 is 0. The van der Waals surface area contributed by atoms with Gasteiger partial charge in [-0.05, 0) is 0 Å². The molecular formula is C29H52N10O2+4. The van der Waals surface area contributed by atoms with Crippen molar-refractivity contribution in [2.45, 2.75) is 0 Å². The monoisotopic (exact) mass is 572 g/mol. The number of anilines is 2. The van der Waals surface area contributed by atoms with Crippen LogP contribution in [0, 0.1) is 0 Å². The smallest absolute Gasteiger partial charge is 0.265 e. The molecule has 3 N–H and O–H groups in total. The summed E-state index contributed by atoms with van der Waals surface area (Å²) in [5.74, 6) is 1.24. The number of carbonyl (C=O) groups is 1. The van der Waals surface area contributed by atoms with Crippen LogP contribution in [-0.4, -0.2) is 191 Å². The number of aromatic amines is 1. The lowest BCUT2D eigenvalue weighted by atomic mass is 10.1. The molecule has 0 bridgehead atoms. The van der Waals surface area contributed by atoms with Gasteiger partial charge >= 0.3 is 0 Å². The molecule has 0 radical (unpaired) electrons. The number of aromatic nitrogens is 2. The van der Waals surface area contributed by atoms with E-state index in [4.69, 9.17) is 4.98 Å². The highest BCUT2D eigenvalue weighted by Crippen LogP contribution is 2.27. The standard InChI is InChI=1S/C29H51N10O2/c40-25-26-27(34-5-13-38(14-6-34)21-17-36(18-22-38)9-1-30-2-10-36)32-29(33-28(26)41)35-7-15-39(16-8-35)23-19-37(20-24-39)11-3-31-4-12-37/h25,30-31H,1-24H2/q+3/p+1. The molecule has 0 aliphatic carbocycles. The van der Waals surface area contributed by atoms with Crippen LogP contribution >= 0.6 is 0 Å². The minimum Gasteiger partial charge on any atom is -0.344 e. The number of rotatable bonds is 3. The van der Waals surface area contributed by atoms with Gasteiger partial charge in [-0.15, -0.1) is 0 Å². The number of nitrogens with one attached hydrogen (secondary N) is 3. The van der Waals surface area contributed by atoms with Crippen molar-refractivity contribution in [2.75, 3.05) is 167 Å². The molecule has 0 atom stereocenters. The van der Waals surface area contributed by atoms with Gasteiger partial charge in [0.15, 0.2) is 6.29 Å². The van der Waals surface area contributed by atoms with Crippen molar-refractivity contribution in [3.8, 4) is 0 Å². The van der Waals surface area contributed by atoms with Gasteiger partial charge in [-0.2, -0.15) is 4.98 Å². The van der Waals surface area contributed by atoms with E-state index in [-0.39, 0.29) is 11.1 Å². The van der Waals surface area contributed by atoms with Gasteiger partial charge in [-0.25, -0.2) is 0 Å². The van der Waals surface area contributed by atoms with E-state index in [1.165, 1.54) is 96.5 Å². The lowest BCUT2D eigenvalue weighted by Crippen LogP contribution is -2.73. The quantitative estimate of drug-likeness (QED) is 0.278. The van der Waals surface area contributed by atoms with E-state index in [0.717, 1.165) is 78.5 Å².